The van der Waals surface area contributed by atoms with E-state index in [0.717, 1.165) is 9.47 Å². The molecule has 0 aliphatic carbocycles. The molecule has 0 radical (unpaired) electrons. The second-order valence-corrected chi connectivity index (χ2v) is 25.3. The summed E-state index contributed by atoms with van der Waals surface area (Å²) in [7, 11) is 0. The van der Waals surface area contributed by atoms with E-state index in [2.05, 4.69) is 0 Å². The predicted octanol–water partition coefficient (Wildman–Crippen LogP) is 20.5. The largest absolute Gasteiger partial charge is 0.311 e. The van der Waals surface area contributed by atoms with Crippen LogP contribution in [0.1, 0.15) is 157 Å². The lowest BCUT2D eigenvalue weighted by molar-refractivity contribution is 0.590. The lowest BCUT2D eigenvalue weighted by Crippen LogP contribution is -2.61. The van der Waals surface area contributed by atoms with Crippen LogP contribution in [0.4, 0.5) is 68.2 Å². The second-order valence-electron chi connectivity index (χ2n) is 25.3. The quantitative estimate of drug-likeness (QED) is 0.148. The van der Waals surface area contributed by atoms with Gasteiger partial charge in [-0.1, -0.05) is 198 Å². The third kappa shape index (κ3) is 8.50. The minimum Gasteiger partial charge on any atom is -0.311 e. The molecule has 1 aromatic heterocycles. The molecule has 0 saturated heterocycles. The molecule has 4 heterocycles. The van der Waals surface area contributed by atoms with Crippen LogP contribution in [-0.4, -0.2) is 11.3 Å². The van der Waals surface area contributed by atoms with Crippen molar-refractivity contribution in [1.29, 1.82) is 0 Å². The van der Waals surface area contributed by atoms with Gasteiger partial charge in [0, 0.05) is 62.0 Å². The lowest BCUT2D eigenvalue weighted by Gasteiger charge is -2.47. The number of para-hydroxylation sites is 3. The van der Waals surface area contributed by atoms with Gasteiger partial charge in [0.15, 0.2) is 0 Å². The van der Waals surface area contributed by atoms with E-state index < -0.39 is 370 Å². The molecule has 0 amide bonds. The Hall–Kier alpha value is -9.26. The molecule has 0 bridgehead atoms. The summed E-state index contributed by atoms with van der Waals surface area (Å²) < 4.78 is 382. The van der Waals surface area contributed by atoms with Crippen molar-refractivity contribution in [3.8, 4) is 5.69 Å². The van der Waals surface area contributed by atoms with Gasteiger partial charge in [-0.25, -0.2) is 0 Å². The highest BCUT2D eigenvalue weighted by molar-refractivity contribution is 7.00. The van der Waals surface area contributed by atoms with Crippen LogP contribution in [0.25, 0.3) is 38.3 Å². The van der Waals surface area contributed by atoms with Crippen LogP contribution < -0.4 is 36.0 Å². The molecular formula is C80H74BN5. The Morgan fingerprint density at radius 1 is 0.337 bits per heavy atom. The number of aromatic nitrogens is 1. The van der Waals surface area contributed by atoms with Crippen LogP contribution >= 0.6 is 0 Å². The molecule has 0 spiro atoms. The maximum atomic E-state index is 11.5. The zero-order valence-electron chi connectivity index (χ0n) is 86.8. The first kappa shape index (κ1) is 26.6. The molecule has 0 saturated carbocycles. The van der Waals surface area contributed by atoms with Crippen LogP contribution in [0.2, 0.25) is 0 Å². The summed E-state index contributed by atoms with van der Waals surface area (Å²) >= 11 is 0. The Labute approximate surface area is 561 Å². The highest BCUT2D eigenvalue weighted by atomic mass is 15.2. The first-order chi connectivity index (χ1) is 57.1. The highest BCUT2D eigenvalue weighted by Gasteiger charge is 2.47. The van der Waals surface area contributed by atoms with Gasteiger partial charge in [-0.3, -0.25) is 0 Å². The standard InChI is InChI=1S/C80H74BN5/c1-77(2,3)53-31-37-59(38-32-53)82(60-39-33-54(34-40-60)78(4,5)6)62-41-42-66-70(48-62)84(61-36-30-51-22-19-20-23-52(51)44-61)71-49-63(83(57-24-15-13-16-25-57)58-26-17-14-18-27-58)50-72-74(71)81(66)67-28-21-29-69-76(67)86(72)73-47-56(80(10,11)12)46-65-64-45-55(79(7,8)9)35-43-68(64)85(69)75(65)73/h13-50H,1-12H3/i13D,14D,15D,16D,17D,18D,19D,20D,21D,22D,23D,24D,25D,26D,27D,28D,29D,30D,31D,32D,33D,34D,35D,36D,37D,38D,39D,40D,41D,42D,43D,44D,45D,46D,47D,48D,49D,50D. The van der Waals surface area contributed by atoms with E-state index in [1.165, 1.54) is 0 Å². The first-order valence-corrected chi connectivity index (χ1v) is 27.7. The van der Waals surface area contributed by atoms with Crippen LogP contribution in [0.5, 0.6) is 0 Å². The molecule has 15 rings (SSSR count). The molecule has 0 fully saturated rings. The second kappa shape index (κ2) is 19.1. The fourth-order valence-corrected chi connectivity index (χ4v) is 11.0. The third-order valence-electron chi connectivity index (χ3n) is 15.3. The molecule has 12 aromatic rings. The van der Waals surface area contributed by atoms with Crippen LogP contribution in [0.15, 0.2) is 230 Å². The maximum Gasteiger partial charge on any atom is 0.252 e. The predicted molar refractivity (Wildman–Crippen MR) is 370 cm³/mol. The molecule has 422 valence electrons. The van der Waals surface area contributed by atoms with Gasteiger partial charge in [-0.2, -0.15) is 0 Å². The molecule has 5 nitrogen and oxygen atoms in total. The molecule has 86 heavy (non-hydrogen) atoms. The Morgan fingerprint density at radius 2 is 0.849 bits per heavy atom. The summed E-state index contributed by atoms with van der Waals surface area (Å²) in [4.78, 5) is 2.45. The fourth-order valence-electron chi connectivity index (χ4n) is 11.0. The van der Waals surface area contributed by atoms with Gasteiger partial charge >= 0.3 is 0 Å². The highest BCUT2D eigenvalue weighted by Crippen LogP contribution is 2.56. The Bertz CT molecular complexity index is 6780. The number of rotatable bonds is 7. The summed E-state index contributed by atoms with van der Waals surface area (Å²) in [5.41, 5.74) is -22.1. The number of hydrogen-bond acceptors (Lipinski definition) is 4. The van der Waals surface area contributed by atoms with Crippen molar-refractivity contribution in [1.82, 2.24) is 4.57 Å². The monoisotopic (exact) mass is 1150 g/mol. The molecule has 6 heteroatoms. The summed E-state index contributed by atoms with van der Waals surface area (Å²) in [6.45, 7) is 16.7. The van der Waals surface area contributed by atoms with E-state index in [9.17, 15) is 46.6 Å². The Balaban J connectivity index is 1.32. The van der Waals surface area contributed by atoms with Gasteiger partial charge in [0.25, 0.3) is 6.71 Å². The van der Waals surface area contributed by atoms with Crippen molar-refractivity contribution in [3.63, 3.8) is 0 Å². The molecule has 0 atom stereocenters. The van der Waals surface area contributed by atoms with E-state index in [1.54, 1.807) is 83.1 Å². The zero-order chi connectivity index (χ0) is 92.4. The summed E-state index contributed by atoms with van der Waals surface area (Å²) in [6.07, 6.45) is 0. The maximum absolute atomic E-state index is 11.5. The van der Waals surface area contributed by atoms with Crippen molar-refractivity contribution in [3.05, 3.63) is 252 Å². The normalized spacial score (nSPS) is 19.7. The van der Waals surface area contributed by atoms with Crippen LogP contribution in [0.3, 0.4) is 0 Å². The Kier molecular flexibility index (Phi) is 5.91. The summed E-state index contributed by atoms with van der Waals surface area (Å²) in [6, 6.07) is -40.0. The summed E-state index contributed by atoms with van der Waals surface area (Å²) in [5.74, 6) is 0. The molecule has 0 unspecified atom stereocenters. The molecule has 0 N–H and O–H groups in total. The number of hydrogen-bond donors (Lipinski definition) is 0. The number of anilines is 12. The minimum absolute atomic E-state index is 0.0485. The van der Waals surface area contributed by atoms with E-state index >= 15 is 0 Å². The van der Waals surface area contributed by atoms with Crippen molar-refractivity contribution in [2.45, 2.75) is 105 Å². The van der Waals surface area contributed by atoms with Crippen LogP contribution in [-0.2, 0) is 21.7 Å². The van der Waals surface area contributed by atoms with E-state index in [0.29, 0.717) is 14.7 Å². The van der Waals surface area contributed by atoms with Crippen molar-refractivity contribution < 1.29 is 52.1 Å². The Morgan fingerprint density at radius 3 is 1.45 bits per heavy atom. The topological polar surface area (TPSA) is 17.9 Å². The molecule has 3 aliphatic heterocycles. The lowest BCUT2D eigenvalue weighted by atomic mass is 9.33. The van der Waals surface area contributed by atoms with Crippen molar-refractivity contribution in [2.24, 2.45) is 0 Å². The van der Waals surface area contributed by atoms with Gasteiger partial charge in [-0.05, 0) is 186 Å². The minimum atomic E-state index is -2.42. The average Bonchev–Trinajstić information content (AvgIpc) is 1.19. The number of benzene rings is 11. The number of nitrogens with zero attached hydrogens (tertiary/aromatic N) is 5. The number of fused-ring (bicyclic) bond motifs is 10. The van der Waals surface area contributed by atoms with Gasteiger partial charge in [0.05, 0.1) is 85.9 Å². The summed E-state index contributed by atoms with van der Waals surface area (Å²) in [5, 5.41) is -2.25. The van der Waals surface area contributed by atoms with Gasteiger partial charge < -0.3 is 24.2 Å². The van der Waals surface area contributed by atoms with Crippen LogP contribution in [0, 0.1) is 0 Å². The zero-order valence-corrected chi connectivity index (χ0v) is 48.8. The van der Waals surface area contributed by atoms with Gasteiger partial charge in [0.2, 0.25) is 0 Å². The average molecular weight is 1150 g/mol. The molecular weight excluding hydrogens is 1040 g/mol. The smallest absolute Gasteiger partial charge is 0.252 e. The van der Waals surface area contributed by atoms with Gasteiger partial charge in [-0.15, -0.1) is 0 Å². The fraction of sp³-hybridized carbons (Fsp3) is 0.200. The van der Waals surface area contributed by atoms with E-state index in [4.69, 9.17) is 5.48 Å². The van der Waals surface area contributed by atoms with E-state index in [-0.39, 0.29) is 33.0 Å². The third-order valence-corrected chi connectivity index (χ3v) is 15.3. The molecule has 11 aromatic carbocycles. The van der Waals surface area contributed by atoms with Gasteiger partial charge in [0.1, 0.15) is 0 Å². The van der Waals surface area contributed by atoms with Crippen molar-refractivity contribution in [2.75, 3.05) is 19.6 Å². The SMILES string of the molecule is [2H]c1c([2H])c([2H])c(N(c2c([2H])c([2H])c([2H])c([2H])c2[2H])c2c([2H])c3c4c(c2[2H])N2c5c(c([2H])c([2H])c([2H])c5-n5c6c([2H])c([2H])c(C(C)(C)C)c([2H])c6c6c([2H])c(C(C)(C)C)c([2H])c2c65)B4c2c([2H])c([2H])c(N(c4c([2H])c([2H])c(C(C)(C)C)c([2H])c4[2H])c4c([2H])c([2H])c(C(C)(C)C)c([2H])c4[2H])c([2H])c2N3c2c([2H])c([2H])c3c([2H])c([2H])c([2H])c([2H])c3c2[2H])c([2H])c1[2H]. The van der Waals surface area contributed by atoms with E-state index in [1.807, 2.05) is 0 Å². The van der Waals surface area contributed by atoms with Crippen molar-refractivity contribution >= 4 is 124 Å². The molecule has 3 aliphatic rings. The first-order valence-electron chi connectivity index (χ1n) is 46.7.